The zero-order valence-corrected chi connectivity index (χ0v) is 19.0. The van der Waals surface area contributed by atoms with Crippen molar-refractivity contribution in [1.82, 2.24) is 4.90 Å². The Labute approximate surface area is 187 Å². The van der Waals surface area contributed by atoms with Gasteiger partial charge in [-0.3, -0.25) is 0 Å². The average molecular weight is 420 g/mol. The zero-order chi connectivity index (χ0) is 21.3. The van der Waals surface area contributed by atoms with E-state index >= 15 is 0 Å². The molecule has 2 saturated heterocycles. The van der Waals surface area contributed by atoms with E-state index in [-0.39, 0.29) is 0 Å². The fraction of sp³-hybridized carbons (Fsp3) is 0.556. The number of piperazine rings is 1. The summed E-state index contributed by atoms with van der Waals surface area (Å²) in [7, 11) is 2.22. The smallest absolute Gasteiger partial charge is 0.0896 e. The Hall–Kier alpha value is -2.04. The van der Waals surface area contributed by atoms with E-state index in [0.717, 1.165) is 76.9 Å². The lowest BCUT2D eigenvalue weighted by atomic mass is 9.92. The van der Waals surface area contributed by atoms with Crippen LogP contribution in [-0.2, 0) is 12.0 Å². The summed E-state index contributed by atoms with van der Waals surface area (Å²) in [5.74, 6) is 0.701. The van der Waals surface area contributed by atoms with Crippen molar-refractivity contribution >= 4 is 11.4 Å². The maximum absolute atomic E-state index is 10.9. The molecule has 5 rings (SSSR count). The topological polar surface area (TPSA) is 30.0 Å². The maximum atomic E-state index is 10.9. The van der Waals surface area contributed by atoms with Crippen LogP contribution in [0.1, 0.15) is 43.2 Å². The van der Waals surface area contributed by atoms with E-state index < -0.39 is 5.60 Å². The Balaban J connectivity index is 1.23. The van der Waals surface area contributed by atoms with Crippen LogP contribution in [0.25, 0.3) is 0 Å². The molecule has 3 aliphatic rings. The van der Waals surface area contributed by atoms with Crippen molar-refractivity contribution in [3.8, 4) is 0 Å². The van der Waals surface area contributed by atoms with Crippen molar-refractivity contribution in [3.05, 3.63) is 59.7 Å². The van der Waals surface area contributed by atoms with E-state index in [2.05, 4.69) is 70.3 Å². The third-order valence-corrected chi connectivity index (χ3v) is 7.83. The van der Waals surface area contributed by atoms with Crippen LogP contribution in [0, 0.1) is 5.92 Å². The molecule has 4 heteroatoms. The summed E-state index contributed by atoms with van der Waals surface area (Å²) in [5.41, 5.74) is 4.78. The van der Waals surface area contributed by atoms with Crippen LogP contribution >= 0.6 is 0 Å². The van der Waals surface area contributed by atoms with Crippen molar-refractivity contribution < 1.29 is 5.11 Å². The molecule has 31 heavy (non-hydrogen) atoms. The van der Waals surface area contributed by atoms with Gasteiger partial charge in [0.2, 0.25) is 0 Å². The fourth-order valence-electron chi connectivity index (χ4n) is 5.82. The third-order valence-electron chi connectivity index (χ3n) is 7.83. The molecular weight excluding hydrogens is 382 g/mol. The second kappa shape index (κ2) is 8.84. The number of rotatable bonds is 5. The molecule has 166 valence electrons. The molecule has 1 aliphatic carbocycles. The highest BCUT2D eigenvalue weighted by Gasteiger charge is 2.33. The summed E-state index contributed by atoms with van der Waals surface area (Å²) < 4.78 is 0. The Kier molecular flexibility index (Phi) is 5.94. The molecule has 0 radical (unpaired) electrons. The minimum absolute atomic E-state index is 0.584. The van der Waals surface area contributed by atoms with E-state index in [4.69, 9.17) is 0 Å². The van der Waals surface area contributed by atoms with E-state index in [1.165, 1.54) is 23.4 Å². The van der Waals surface area contributed by atoms with Gasteiger partial charge in [0, 0.05) is 50.6 Å². The molecule has 2 heterocycles. The first kappa shape index (κ1) is 20.8. The van der Waals surface area contributed by atoms with Gasteiger partial charge in [0.05, 0.1) is 5.60 Å². The van der Waals surface area contributed by atoms with E-state index in [9.17, 15) is 5.11 Å². The lowest BCUT2D eigenvalue weighted by molar-refractivity contribution is 0.0445. The summed E-state index contributed by atoms with van der Waals surface area (Å²) in [6.07, 6.45) is 6.51. The first-order valence-electron chi connectivity index (χ1n) is 12.2. The number of anilines is 2. The number of benzene rings is 2. The van der Waals surface area contributed by atoms with Gasteiger partial charge in [0.25, 0.3) is 0 Å². The highest BCUT2D eigenvalue weighted by Crippen LogP contribution is 2.39. The normalized spacial score (nSPS) is 24.1. The maximum Gasteiger partial charge on any atom is 0.0896 e. The van der Waals surface area contributed by atoms with Gasteiger partial charge in [-0.1, -0.05) is 43.2 Å². The number of likely N-dealkylation sites (N-methyl/N-ethyl adjacent to an activating group) is 1. The molecule has 0 unspecified atom stereocenters. The van der Waals surface area contributed by atoms with Crippen molar-refractivity contribution in [1.29, 1.82) is 0 Å². The Morgan fingerprint density at radius 2 is 1.58 bits per heavy atom. The molecule has 2 aromatic rings. The van der Waals surface area contributed by atoms with E-state index in [1.807, 2.05) is 0 Å². The molecule has 0 bridgehead atoms. The molecule has 1 N–H and O–H groups in total. The fourth-order valence-corrected chi connectivity index (χ4v) is 5.82. The van der Waals surface area contributed by atoms with Gasteiger partial charge in [-0.25, -0.2) is 0 Å². The summed E-state index contributed by atoms with van der Waals surface area (Å²) in [5, 5.41) is 10.9. The second-order valence-electron chi connectivity index (χ2n) is 10.0. The molecule has 2 aliphatic heterocycles. The zero-order valence-electron chi connectivity index (χ0n) is 19.0. The molecule has 2 aromatic carbocycles. The highest BCUT2D eigenvalue weighted by molar-refractivity contribution is 5.55. The summed E-state index contributed by atoms with van der Waals surface area (Å²) in [6.45, 7) is 6.81. The molecule has 4 nitrogen and oxygen atoms in total. The summed E-state index contributed by atoms with van der Waals surface area (Å²) in [6, 6.07) is 17.8. The Morgan fingerprint density at radius 3 is 2.32 bits per heavy atom. The minimum atomic E-state index is -0.584. The van der Waals surface area contributed by atoms with Crippen molar-refractivity contribution in [3.63, 3.8) is 0 Å². The third kappa shape index (κ3) is 4.47. The minimum Gasteiger partial charge on any atom is -0.385 e. The number of hydrogen-bond donors (Lipinski definition) is 1. The molecule has 0 amide bonds. The molecule has 1 atom stereocenters. The Bertz CT molecular complexity index is 866. The van der Waals surface area contributed by atoms with Crippen LogP contribution in [0.15, 0.2) is 48.5 Å². The molecule has 3 fully saturated rings. The lowest BCUT2D eigenvalue weighted by Crippen LogP contribution is -2.44. The van der Waals surface area contributed by atoms with Crippen molar-refractivity contribution in [2.45, 2.75) is 44.1 Å². The van der Waals surface area contributed by atoms with Gasteiger partial charge in [0.1, 0.15) is 0 Å². The van der Waals surface area contributed by atoms with Crippen LogP contribution in [0.2, 0.25) is 0 Å². The van der Waals surface area contributed by atoms with Gasteiger partial charge in [-0.05, 0) is 68.0 Å². The molecular formula is C27H37N3O. The van der Waals surface area contributed by atoms with E-state index in [1.54, 1.807) is 0 Å². The van der Waals surface area contributed by atoms with Crippen LogP contribution in [0.3, 0.4) is 0 Å². The van der Waals surface area contributed by atoms with Crippen LogP contribution in [0.4, 0.5) is 11.4 Å². The quantitative estimate of drug-likeness (QED) is 0.784. The predicted octanol–water partition coefficient (Wildman–Crippen LogP) is 4.27. The number of para-hydroxylation sites is 1. The largest absolute Gasteiger partial charge is 0.385 e. The number of aliphatic hydroxyl groups is 1. The predicted molar refractivity (Wildman–Crippen MR) is 129 cm³/mol. The van der Waals surface area contributed by atoms with Crippen molar-refractivity contribution in [2.24, 2.45) is 5.92 Å². The number of hydrogen-bond acceptors (Lipinski definition) is 4. The first-order valence-corrected chi connectivity index (χ1v) is 12.2. The SMILES string of the molecule is CN1CCN(c2ccccc2C[C@@H]2CCN(c3ccc(C4(O)CCCC4)cc3)C2)CC1. The summed E-state index contributed by atoms with van der Waals surface area (Å²) in [4.78, 5) is 7.53. The van der Waals surface area contributed by atoms with Gasteiger partial charge in [0.15, 0.2) is 0 Å². The molecule has 1 saturated carbocycles. The first-order chi connectivity index (χ1) is 15.1. The van der Waals surface area contributed by atoms with Gasteiger partial charge in [-0.2, -0.15) is 0 Å². The summed E-state index contributed by atoms with van der Waals surface area (Å²) >= 11 is 0. The van der Waals surface area contributed by atoms with Gasteiger partial charge < -0.3 is 19.8 Å². The second-order valence-corrected chi connectivity index (χ2v) is 10.0. The van der Waals surface area contributed by atoms with Crippen LogP contribution in [-0.4, -0.2) is 56.3 Å². The molecule has 0 aromatic heterocycles. The lowest BCUT2D eigenvalue weighted by Gasteiger charge is -2.35. The van der Waals surface area contributed by atoms with E-state index in [0.29, 0.717) is 5.92 Å². The van der Waals surface area contributed by atoms with Gasteiger partial charge in [-0.15, -0.1) is 0 Å². The Morgan fingerprint density at radius 1 is 0.871 bits per heavy atom. The van der Waals surface area contributed by atoms with Gasteiger partial charge >= 0.3 is 0 Å². The average Bonchev–Trinajstić information content (AvgIpc) is 3.45. The number of nitrogens with zero attached hydrogens (tertiary/aromatic N) is 3. The monoisotopic (exact) mass is 419 g/mol. The van der Waals surface area contributed by atoms with Crippen LogP contribution < -0.4 is 9.80 Å². The highest BCUT2D eigenvalue weighted by atomic mass is 16.3. The van der Waals surface area contributed by atoms with Crippen LogP contribution in [0.5, 0.6) is 0 Å². The van der Waals surface area contributed by atoms with Crippen molar-refractivity contribution in [2.75, 3.05) is 56.1 Å². The molecule has 0 spiro atoms. The standard InChI is InChI=1S/C27H37N3O/c1-28-16-18-29(19-17-28)26-7-3-2-6-23(26)20-22-12-15-30(21-22)25-10-8-24(9-11-25)27(31)13-4-5-14-27/h2-3,6-11,22,31H,4-5,12-21H2,1H3/t22-/m0/s1.